The molecule has 30 heavy (non-hydrogen) atoms. The van der Waals surface area contributed by atoms with E-state index in [1.54, 1.807) is 13.8 Å². The molecule has 0 aliphatic rings. The summed E-state index contributed by atoms with van der Waals surface area (Å²) in [4.78, 5) is 22.6. The maximum atomic E-state index is 12.7. The highest BCUT2D eigenvalue weighted by Crippen LogP contribution is 2.26. The minimum atomic E-state index is -3.79. The van der Waals surface area contributed by atoms with Gasteiger partial charge in [-0.25, -0.2) is 16.8 Å². The summed E-state index contributed by atoms with van der Waals surface area (Å²) in [7, 11) is -7.34. The van der Waals surface area contributed by atoms with Crippen LogP contribution in [0.15, 0.2) is 41.3 Å². The third kappa shape index (κ3) is 5.76. The van der Waals surface area contributed by atoms with Crippen molar-refractivity contribution >= 4 is 42.8 Å². The Morgan fingerprint density at radius 3 is 2.30 bits per heavy atom. The van der Waals surface area contributed by atoms with E-state index < -0.39 is 36.4 Å². The zero-order chi connectivity index (χ0) is 22.7. The summed E-state index contributed by atoms with van der Waals surface area (Å²) in [5.41, 5.74) is 0.211. The smallest absolute Gasteiger partial charge is 0.271 e. The molecular weight excluding hydrogens is 434 g/mol. The topological polar surface area (TPSA) is 153 Å². The molecule has 1 amide bonds. The minimum Gasteiger partial charge on any atom is -0.322 e. The summed E-state index contributed by atoms with van der Waals surface area (Å²) < 4.78 is 50.1. The summed E-state index contributed by atoms with van der Waals surface area (Å²) in [5, 5.41) is 13.7. The second-order valence-corrected chi connectivity index (χ2v) is 10.5. The van der Waals surface area contributed by atoms with E-state index in [0.717, 1.165) is 24.5 Å². The lowest BCUT2D eigenvalue weighted by atomic mass is 10.1. The van der Waals surface area contributed by atoms with Crippen molar-refractivity contribution in [2.75, 3.05) is 22.0 Å². The predicted octanol–water partition coefficient (Wildman–Crippen LogP) is 2.71. The molecule has 0 saturated carbocycles. The Morgan fingerprint density at radius 2 is 1.73 bits per heavy atom. The van der Waals surface area contributed by atoms with Gasteiger partial charge >= 0.3 is 0 Å². The van der Waals surface area contributed by atoms with Crippen LogP contribution >= 0.6 is 0 Å². The normalized spacial score (nSPS) is 11.7. The zero-order valence-electron chi connectivity index (χ0n) is 16.5. The van der Waals surface area contributed by atoms with E-state index in [4.69, 9.17) is 0 Å². The molecule has 12 heteroatoms. The Bertz CT molecular complexity index is 1210. The molecule has 0 spiro atoms. The van der Waals surface area contributed by atoms with Crippen LogP contribution in [0.25, 0.3) is 0 Å². The summed E-state index contributed by atoms with van der Waals surface area (Å²) in [6, 6.07) is 7.48. The monoisotopic (exact) mass is 455 g/mol. The van der Waals surface area contributed by atoms with Crippen molar-refractivity contribution in [1.82, 2.24) is 0 Å². The molecule has 0 aromatic heterocycles. The van der Waals surface area contributed by atoms with Crippen LogP contribution in [0, 0.1) is 17.0 Å². The molecule has 0 fully saturated rings. The molecule has 162 valence electrons. The summed E-state index contributed by atoms with van der Waals surface area (Å²) in [5.74, 6) is -0.842. The highest BCUT2D eigenvalue weighted by Gasteiger charge is 2.20. The van der Waals surface area contributed by atoms with Crippen LogP contribution in [0.3, 0.4) is 0 Å². The maximum Gasteiger partial charge on any atom is 0.271 e. The minimum absolute atomic E-state index is 0.0645. The Kier molecular flexibility index (Phi) is 6.83. The van der Waals surface area contributed by atoms with Crippen LogP contribution in [0.5, 0.6) is 0 Å². The van der Waals surface area contributed by atoms with Crippen LogP contribution in [0.2, 0.25) is 0 Å². The quantitative estimate of drug-likeness (QED) is 0.458. The third-order valence-electron chi connectivity index (χ3n) is 4.11. The molecule has 0 bridgehead atoms. The van der Waals surface area contributed by atoms with Gasteiger partial charge in [-0.15, -0.1) is 0 Å². The fourth-order valence-electron chi connectivity index (χ4n) is 2.60. The first kappa shape index (κ1) is 23.3. The number of carbonyl (C=O) groups is 1. The SMILES string of the molecule is CCCS(=O)(=O)Nc1cccc(NC(=O)c2cc([N+](=O)[O-])cc(S(C)(=O)=O)c2)c1C. The number of nitro benzene ring substituents is 1. The number of nitro groups is 1. The van der Waals surface area contributed by atoms with Gasteiger partial charge in [0, 0.05) is 29.6 Å². The van der Waals surface area contributed by atoms with Gasteiger partial charge in [-0.2, -0.15) is 0 Å². The van der Waals surface area contributed by atoms with E-state index in [1.807, 2.05) is 0 Å². The van der Waals surface area contributed by atoms with Crippen LogP contribution in [0.4, 0.5) is 17.1 Å². The third-order valence-corrected chi connectivity index (χ3v) is 6.68. The molecule has 10 nitrogen and oxygen atoms in total. The molecule has 0 radical (unpaired) electrons. The number of non-ortho nitro benzene ring substituents is 1. The fraction of sp³-hybridized carbons (Fsp3) is 0.278. The van der Waals surface area contributed by atoms with Gasteiger partial charge in [0.05, 0.1) is 21.3 Å². The van der Waals surface area contributed by atoms with Crippen LogP contribution in [-0.2, 0) is 19.9 Å². The maximum absolute atomic E-state index is 12.7. The van der Waals surface area contributed by atoms with E-state index in [1.165, 1.54) is 18.2 Å². The molecule has 2 N–H and O–H groups in total. The van der Waals surface area contributed by atoms with Crippen molar-refractivity contribution in [1.29, 1.82) is 0 Å². The lowest BCUT2D eigenvalue weighted by Crippen LogP contribution is -2.18. The predicted molar refractivity (Wildman–Crippen MR) is 113 cm³/mol. The van der Waals surface area contributed by atoms with E-state index in [-0.39, 0.29) is 27.6 Å². The van der Waals surface area contributed by atoms with Gasteiger partial charge < -0.3 is 5.32 Å². The molecule has 0 aliphatic heterocycles. The van der Waals surface area contributed by atoms with Gasteiger partial charge in [-0.1, -0.05) is 13.0 Å². The van der Waals surface area contributed by atoms with Gasteiger partial charge in [-0.3, -0.25) is 19.6 Å². The molecular formula is C18H21N3O7S2. The lowest BCUT2D eigenvalue weighted by molar-refractivity contribution is -0.385. The standard InChI is InChI=1S/C18H21N3O7S2/c1-4-8-30(27,28)20-17-7-5-6-16(12(17)2)19-18(22)13-9-14(21(23)24)11-15(10-13)29(3,25)26/h5-7,9-11,20H,4,8H2,1-3H3,(H,19,22). The summed E-state index contributed by atoms with van der Waals surface area (Å²) in [6.07, 6.45) is 1.31. The van der Waals surface area contributed by atoms with Gasteiger partial charge in [0.25, 0.3) is 11.6 Å². The van der Waals surface area contributed by atoms with Gasteiger partial charge in [-0.05, 0) is 37.1 Å². The van der Waals surface area contributed by atoms with Crippen LogP contribution < -0.4 is 10.0 Å². The molecule has 0 saturated heterocycles. The lowest BCUT2D eigenvalue weighted by Gasteiger charge is -2.14. The average Bonchev–Trinajstić information content (AvgIpc) is 2.63. The number of anilines is 2. The molecule has 0 unspecified atom stereocenters. The van der Waals surface area contributed by atoms with Crippen molar-refractivity contribution < 1.29 is 26.6 Å². The number of nitrogens with zero attached hydrogens (tertiary/aromatic N) is 1. The number of amides is 1. The van der Waals surface area contributed by atoms with E-state index >= 15 is 0 Å². The number of hydrogen-bond acceptors (Lipinski definition) is 7. The second-order valence-electron chi connectivity index (χ2n) is 6.60. The van der Waals surface area contributed by atoms with Crippen LogP contribution in [0.1, 0.15) is 29.3 Å². The highest BCUT2D eigenvalue weighted by atomic mass is 32.2. The number of nitrogens with one attached hydrogen (secondary N) is 2. The molecule has 2 aromatic rings. The highest BCUT2D eigenvalue weighted by molar-refractivity contribution is 7.92. The van der Waals surface area contributed by atoms with E-state index in [9.17, 15) is 31.7 Å². The number of carbonyl (C=O) groups excluding carboxylic acids is 1. The molecule has 0 heterocycles. The largest absolute Gasteiger partial charge is 0.322 e. The van der Waals surface area contributed by atoms with Crippen LogP contribution in [-0.4, -0.2) is 39.7 Å². The van der Waals surface area contributed by atoms with E-state index in [2.05, 4.69) is 10.0 Å². The number of benzene rings is 2. The fourth-order valence-corrected chi connectivity index (χ4v) is 4.47. The molecule has 2 rings (SSSR count). The molecule has 0 atom stereocenters. The number of rotatable bonds is 8. The first-order chi connectivity index (χ1) is 13.8. The van der Waals surface area contributed by atoms with Crippen molar-refractivity contribution in [3.05, 3.63) is 57.6 Å². The Hall–Kier alpha value is -2.99. The molecule has 2 aromatic carbocycles. The zero-order valence-corrected chi connectivity index (χ0v) is 18.1. The molecule has 0 aliphatic carbocycles. The first-order valence-electron chi connectivity index (χ1n) is 8.75. The first-order valence-corrected chi connectivity index (χ1v) is 12.3. The van der Waals surface area contributed by atoms with Gasteiger partial charge in [0.1, 0.15) is 0 Å². The van der Waals surface area contributed by atoms with Crippen molar-refractivity contribution in [3.63, 3.8) is 0 Å². The Labute approximate surface area is 174 Å². The summed E-state index contributed by atoms with van der Waals surface area (Å²) in [6.45, 7) is 3.32. The second kappa shape index (κ2) is 8.79. The number of sulfone groups is 1. The Morgan fingerprint density at radius 1 is 1.10 bits per heavy atom. The summed E-state index contributed by atoms with van der Waals surface area (Å²) >= 11 is 0. The van der Waals surface area contributed by atoms with Gasteiger partial charge in [0.15, 0.2) is 9.84 Å². The van der Waals surface area contributed by atoms with Gasteiger partial charge in [0.2, 0.25) is 10.0 Å². The van der Waals surface area contributed by atoms with Crippen molar-refractivity contribution in [3.8, 4) is 0 Å². The number of sulfonamides is 1. The number of hydrogen-bond donors (Lipinski definition) is 2. The average molecular weight is 456 g/mol. The Balaban J connectivity index is 2.40. The van der Waals surface area contributed by atoms with E-state index in [0.29, 0.717) is 12.0 Å². The van der Waals surface area contributed by atoms with Crippen molar-refractivity contribution in [2.24, 2.45) is 0 Å². The van der Waals surface area contributed by atoms with Crippen molar-refractivity contribution in [2.45, 2.75) is 25.2 Å².